The largest absolute Gasteiger partial charge is 0.339 e. The Bertz CT molecular complexity index is 356. The molecule has 0 aliphatic carbocycles. The lowest BCUT2D eigenvalue weighted by molar-refractivity contribution is -0.134. The van der Waals surface area contributed by atoms with E-state index in [1.54, 1.807) is 18.3 Å². The van der Waals surface area contributed by atoms with E-state index in [4.69, 9.17) is 5.73 Å². The molecule has 5 heteroatoms. The van der Waals surface area contributed by atoms with E-state index < -0.39 is 0 Å². The fraction of sp³-hybridized carbons (Fsp3) is 0.583. The molecule has 0 aromatic carbocycles. The molecule has 1 saturated heterocycles. The van der Waals surface area contributed by atoms with Crippen molar-refractivity contribution in [1.29, 1.82) is 0 Å². The number of carbonyl (C=O) groups is 1. The molecule has 0 radical (unpaired) electrons. The first-order valence-corrected chi connectivity index (χ1v) is 6.84. The maximum atomic E-state index is 11.7. The Labute approximate surface area is 106 Å². The highest BCUT2D eigenvalue weighted by Gasteiger charge is 2.22. The predicted molar refractivity (Wildman–Crippen MR) is 69.8 cm³/mol. The fourth-order valence-corrected chi connectivity index (χ4v) is 2.78. The number of rotatable bonds is 3. The van der Waals surface area contributed by atoms with Crippen LogP contribution in [0.2, 0.25) is 0 Å². The normalized spacial score (nSPS) is 19.3. The quantitative estimate of drug-likeness (QED) is 0.864. The third-order valence-corrected chi connectivity index (χ3v) is 3.89. The maximum absolute atomic E-state index is 11.7. The molecule has 1 aromatic heterocycles. The highest BCUT2D eigenvalue weighted by Crippen LogP contribution is 2.13. The molecular formula is C12H19N3OS. The Kier molecular flexibility index (Phi) is 4.15. The third-order valence-electron chi connectivity index (χ3n) is 3.03. The number of amides is 1. The Morgan fingerprint density at radius 1 is 1.47 bits per heavy atom. The summed E-state index contributed by atoms with van der Waals surface area (Å²) in [5.41, 5.74) is 5.61. The molecule has 1 aromatic rings. The van der Waals surface area contributed by atoms with Crippen molar-refractivity contribution in [2.24, 2.45) is 5.73 Å². The second kappa shape index (κ2) is 5.62. The van der Waals surface area contributed by atoms with Gasteiger partial charge in [-0.15, -0.1) is 11.3 Å². The van der Waals surface area contributed by atoms with Gasteiger partial charge in [0.1, 0.15) is 0 Å². The number of hydrogen-bond acceptors (Lipinski definition) is 4. The van der Waals surface area contributed by atoms with E-state index in [2.05, 4.69) is 22.4 Å². The van der Waals surface area contributed by atoms with E-state index in [1.165, 1.54) is 4.88 Å². The lowest BCUT2D eigenvalue weighted by Gasteiger charge is -2.35. The molecule has 1 amide bonds. The average Bonchev–Trinajstić information content (AvgIpc) is 2.82. The number of nitrogens with zero attached hydrogens (tertiary/aromatic N) is 2. The summed E-state index contributed by atoms with van der Waals surface area (Å²) in [4.78, 5) is 17.3. The summed E-state index contributed by atoms with van der Waals surface area (Å²) in [6.45, 7) is 6.22. The van der Waals surface area contributed by atoms with Gasteiger partial charge in [0.25, 0.3) is 0 Å². The lowest BCUT2D eigenvalue weighted by atomic mass is 10.2. The van der Waals surface area contributed by atoms with E-state index in [0.717, 1.165) is 32.7 Å². The van der Waals surface area contributed by atoms with Crippen LogP contribution in [0.15, 0.2) is 17.5 Å². The van der Waals surface area contributed by atoms with Crippen LogP contribution in [0, 0.1) is 0 Å². The van der Waals surface area contributed by atoms with Gasteiger partial charge in [-0.2, -0.15) is 0 Å². The molecule has 0 saturated carbocycles. The van der Waals surface area contributed by atoms with Gasteiger partial charge in [-0.3, -0.25) is 9.69 Å². The second-order valence-corrected chi connectivity index (χ2v) is 5.50. The van der Waals surface area contributed by atoms with Crippen LogP contribution in [0.1, 0.15) is 11.8 Å². The molecular weight excluding hydrogens is 234 g/mol. The summed E-state index contributed by atoms with van der Waals surface area (Å²) >= 11 is 1.79. The molecule has 94 valence electrons. The number of thiophene rings is 1. The van der Waals surface area contributed by atoms with Crippen molar-refractivity contribution >= 4 is 17.2 Å². The molecule has 1 atom stereocenters. The molecule has 1 aliphatic rings. The van der Waals surface area contributed by atoms with Crippen molar-refractivity contribution < 1.29 is 4.79 Å². The molecule has 4 nitrogen and oxygen atoms in total. The molecule has 2 rings (SSSR count). The van der Waals surface area contributed by atoms with E-state index in [9.17, 15) is 4.79 Å². The summed E-state index contributed by atoms with van der Waals surface area (Å²) in [7, 11) is 0. The highest BCUT2D eigenvalue weighted by atomic mass is 32.1. The number of nitrogens with two attached hydrogens (primary N) is 1. The Hall–Kier alpha value is -0.910. The summed E-state index contributed by atoms with van der Waals surface area (Å²) in [6.07, 6.45) is 0. The Balaban J connectivity index is 1.80. The first-order valence-electron chi connectivity index (χ1n) is 5.96. The minimum absolute atomic E-state index is 0.0702. The van der Waals surface area contributed by atoms with Crippen LogP contribution < -0.4 is 5.73 Å². The van der Waals surface area contributed by atoms with E-state index in [-0.39, 0.29) is 11.9 Å². The van der Waals surface area contributed by atoms with Crippen LogP contribution in [0.3, 0.4) is 0 Å². The monoisotopic (exact) mass is 253 g/mol. The first kappa shape index (κ1) is 12.5. The predicted octanol–water partition coefficient (Wildman–Crippen LogP) is 0.740. The molecule has 1 aliphatic heterocycles. The van der Waals surface area contributed by atoms with Gasteiger partial charge < -0.3 is 10.6 Å². The lowest BCUT2D eigenvalue weighted by Crippen LogP contribution is -2.52. The molecule has 2 N–H and O–H groups in total. The SMILES string of the molecule is C[C@H](N)C(=O)N1CCN(Cc2cccs2)CC1. The highest BCUT2D eigenvalue weighted by molar-refractivity contribution is 7.09. The van der Waals surface area contributed by atoms with Crippen LogP contribution in [0.25, 0.3) is 0 Å². The van der Waals surface area contributed by atoms with Crippen molar-refractivity contribution in [2.75, 3.05) is 26.2 Å². The van der Waals surface area contributed by atoms with Crippen LogP contribution in [-0.2, 0) is 11.3 Å². The van der Waals surface area contributed by atoms with Gasteiger partial charge in [-0.05, 0) is 18.4 Å². The molecule has 2 heterocycles. The van der Waals surface area contributed by atoms with Crippen molar-refractivity contribution in [3.05, 3.63) is 22.4 Å². The second-order valence-electron chi connectivity index (χ2n) is 4.47. The maximum Gasteiger partial charge on any atom is 0.239 e. The standard InChI is InChI=1S/C12H19N3OS/c1-10(13)12(16)15-6-4-14(5-7-15)9-11-3-2-8-17-11/h2-3,8,10H,4-7,9,13H2,1H3/t10-/m0/s1. The zero-order chi connectivity index (χ0) is 12.3. The van der Waals surface area contributed by atoms with Gasteiger partial charge in [-0.1, -0.05) is 6.07 Å². The van der Waals surface area contributed by atoms with Gasteiger partial charge in [-0.25, -0.2) is 0 Å². The van der Waals surface area contributed by atoms with E-state index >= 15 is 0 Å². The summed E-state index contributed by atoms with van der Waals surface area (Å²) in [5, 5.41) is 2.10. The molecule has 1 fully saturated rings. The molecule has 0 spiro atoms. The van der Waals surface area contributed by atoms with Crippen LogP contribution >= 0.6 is 11.3 Å². The Morgan fingerprint density at radius 2 is 2.18 bits per heavy atom. The van der Waals surface area contributed by atoms with Gasteiger partial charge in [0.2, 0.25) is 5.91 Å². The topological polar surface area (TPSA) is 49.6 Å². The molecule has 17 heavy (non-hydrogen) atoms. The smallest absolute Gasteiger partial charge is 0.239 e. The van der Waals surface area contributed by atoms with Crippen molar-refractivity contribution in [1.82, 2.24) is 9.80 Å². The Morgan fingerprint density at radius 3 is 2.71 bits per heavy atom. The number of piperazine rings is 1. The average molecular weight is 253 g/mol. The molecule has 0 bridgehead atoms. The third kappa shape index (κ3) is 3.28. The van der Waals surface area contributed by atoms with Crippen molar-refractivity contribution in [3.8, 4) is 0 Å². The van der Waals surface area contributed by atoms with Crippen LogP contribution in [-0.4, -0.2) is 47.9 Å². The van der Waals surface area contributed by atoms with Crippen LogP contribution in [0.5, 0.6) is 0 Å². The van der Waals surface area contributed by atoms with Gasteiger partial charge >= 0.3 is 0 Å². The fourth-order valence-electron chi connectivity index (χ4n) is 2.04. The first-order chi connectivity index (χ1) is 8.16. The zero-order valence-electron chi connectivity index (χ0n) is 10.1. The van der Waals surface area contributed by atoms with E-state index in [1.807, 2.05) is 4.90 Å². The minimum atomic E-state index is -0.376. The summed E-state index contributed by atoms with van der Waals surface area (Å²) < 4.78 is 0. The van der Waals surface area contributed by atoms with Gasteiger partial charge in [0.15, 0.2) is 0 Å². The van der Waals surface area contributed by atoms with Gasteiger partial charge in [0.05, 0.1) is 6.04 Å². The number of carbonyl (C=O) groups excluding carboxylic acids is 1. The van der Waals surface area contributed by atoms with Crippen molar-refractivity contribution in [3.63, 3.8) is 0 Å². The zero-order valence-corrected chi connectivity index (χ0v) is 10.9. The summed E-state index contributed by atoms with van der Waals surface area (Å²) in [6, 6.07) is 3.86. The molecule has 0 unspecified atom stereocenters. The minimum Gasteiger partial charge on any atom is -0.339 e. The van der Waals surface area contributed by atoms with Crippen molar-refractivity contribution in [2.45, 2.75) is 19.5 Å². The number of hydrogen-bond donors (Lipinski definition) is 1. The van der Waals surface area contributed by atoms with Gasteiger partial charge in [0, 0.05) is 37.6 Å². The van der Waals surface area contributed by atoms with E-state index in [0.29, 0.717) is 0 Å². The summed E-state index contributed by atoms with van der Waals surface area (Å²) in [5.74, 6) is 0.0702. The van der Waals surface area contributed by atoms with Crippen LogP contribution in [0.4, 0.5) is 0 Å².